The first-order valence-corrected chi connectivity index (χ1v) is 10.1. The predicted molar refractivity (Wildman–Crippen MR) is 98.8 cm³/mol. The van der Waals surface area contributed by atoms with E-state index in [0.717, 1.165) is 24.2 Å². The maximum atomic E-state index is 11.7. The number of rotatable bonds is 7. The first kappa shape index (κ1) is 18.5. The highest BCUT2D eigenvalue weighted by atomic mass is 32.2. The molecule has 0 aliphatic heterocycles. The Morgan fingerprint density at radius 1 is 1.27 bits per heavy atom. The van der Waals surface area contributed by atoms with Gasteiger partial charge < -0.3 is 14.8 Å². The number of aromatic nitrogens is 1. The predicted octanol–water partition coefficient (Wildman–Crippen LogP) is 2.67. The molecule has 2 aromatic rings. The third-order valence-corrected chi connectivity index (χ3v) is 5.34. The Morgan fingerprint density at radius 2 is 2.04 bits per heavy atom. The van der Waals surface area contributed by atoms with Gasteiger partial charge >= 0.3 is 0 Å². The average molecular weight is 377 g/mol. The molecule has 0 atom stereocenters. The van der Waals surface area contributed by atoms with Gasteiger partial charge in [-0.3, -0.25) is 0 Å². The summed E-state index contributed by atoms with van der Waals surface area (Å²) in [5.74, 6) is 1.67. The summed E-state index contributed by atoms with van der Waals surface area (Å²) in [4.78, 5) is 4.06. The Morgan fingerprint density at radius 3 is 2.73 bits per heavy atom. The minimum atomic E-state index is -3.85. The highest BCUT2D eigenvalue weighted by molar-refractivity contribution is 7.89. The number of benzene rings is 1. The zero-order valence-corrected chi connectivity index (χ0v) is 15.5. The Kier molecular flexibility index (Phi) is 5.63. The number of primary sulfonamides is 1. The summed E-state index contributed by atoms with van der Waals surface area (Å²) >= 11 is 0. The Hall–Kier alpha value is -2.32. The summed E-state index contributed by atoms with van der Waals surface area (Å²) in [6, 6.07) is 8.56. The molecule has 1 aromatic carbocycles. The fraction of sp³-hybridized carbons (Fsp3) is 0.389. The van der Waals surface area contributed by atoms with Crippen LogP contribution in [0.1, 0.15) is 31.2 Å². The number of hydrogen-bond donors (Lipinski definition) is 2. The van der Waals surface area contributed by atoms with Crippen LogP contribution in [-0.2, 0) is 16.6 Å². The van der Waals surface area contributed by atoms with E-state index in [9.17, 15) is 8.42 Å². The van der Waals surface area contributed by atoms with E-state index in [4.69, 9.17) is 14.6 Å². The molecule has 0 spiro atoms. The normalized spacial score (nSPS) is 15.0. The van der Waals surface area contributed by atoms with Gasteiger partial charge in [0.25, 0.3) is 0 Å². The SMILES string of the molecule is COc1ccc(CNc2ncccc2S(N)(=O)=O)c(OC2CCCC2)c1. The summed E-state index contributed by atoms with van der Waals surface area (Å²) in [5, 5.41) is 8.30. The zero-order chi connectivity index (χ0) is 18.6. The van der Waals surface area contributed by atoms with Crippen LogP contribution >= 0.6 is 0 Å². The topological polar surface area (TPSA) is 104 Å². The van der Waals surface area contributed by atoms with Crippen LogP contribution in [0.25, 0.3) is 0 Å². The van der Waals surface area contributed by atoms with Gasteiger partial charge in [-0.2, -0.15) is 0 Å². The van der Waals surface area contributed by atoms with Gasteiger partial charge in [-0.05, 0) is 49.9 Å². The number of hydrogen-bond acceptors (Lipinski definition) is 6. The van der Waals surface area contributed by atoms with E-state index in [1.165, 1.54) is 31.2 Å². The molecule has 0 bridgehead atoms. The molecule has 1 aliphatic rings. The smallest absolute Gasteiger partial charge is 0.241 e. The van der Waals surface area contributed by atoms with Gasteiger partial charge in [0.05, 0.1) is 13.2 Å². The summed E-state index contributed by atoms with van der Waals surface area (Å²) in [6.07, 6.45) is 6.15. The van der Waals surface area contributed by atoms with E-state index in [2.05, 4.69) is 10.3 Å². The summed E-state index contributed by atoms with van der Waals surface area (Å²) in [7, 11) is -2.24. The van der Waals surface area contributed by atoms with Crippen molar-refractivity contribution in [2.24, 2.45) is 5.14 Å². The molecular formula is C18H23N3O4S. The van der Waals surface area contributed by atoms with Gasteiger partial charge in [0.1, 0.15) is 22.2 Å². The fourth-order valence-electron chi connectivity index (χ4n) is 3.04. The van der Waals surface area contributed by atoms with E-state index in [-0.39, 0.29) is 16.8 Å². The molecule has 26 heavy (non-hydrogen) atoms. The van der Waals surface area contributed by atoms with Crippen molar-refractivity contribution in [3.63, 3.8) is 0 Å². The lowest BCUT2D eigenvalue weighted by atomic mass is 10.1. The van der Waals surface area contributed by atoms with Crippen LogP contribution in [0.15, 0.2) is 41.4 Å². The molecule has 140 valence electrons. The Labute approximate surface area is 153 Å². The number of sulfonamides is 1. The van der Waals surface area contributed by atoms with Crippen LogP contribution in [0.2, 0.25) is 0 Å². The third kappa shape index (κ3) is 4.44. The molecule has 8 heteroatoms. The molecule has 0 amide bonds. The number of anilines is 1. The van der Waals surface area contributed by atoms with Crippen molar-refractivity contribution < 1.29 is 17.9 Å². The molecule has 1 heterocycles. The van der Waals surface area contributed by atoms with Crippen LogP contribution in [0, 0.1) is 0 Å². The van der Waals surface area contributed by atoms with Crippen LogP contribution in [0.4, 0.5) is 5.82 Å². The van der Waals surface area contributed by atoms with Crippen molar-refractivity contribution in [3.05, 3.63) is 42.1 Å². The van der Waals surface area contributed by atoms with Gasteiger partial charge in [0.15, 0.2) is 0 Å². The zero-order valence-electron chi connectivity index (χ0n) is 14.6. The van der Waals surface area contributed by atoms with E-state index in [1.54, 1.807) is 7.11 Å². The van der Waals surface area contributed by atoms with E-state index in [1.807, 2.05) is 18.2 Å². The Bertz CT molecular complexity index is 864. The molecule has 1 aliphatic carbocycles. The average Bonchev–Trinajstić information content (AvgIpc) is 3.13. The fourth-order valence-corrected chi connectivity index (χ4v) is 3.70. The standard InChI is InChI=1S/C18H23N3O4S/c1-24-15-9-8-13(16(11-15)25-14-5-2-3-6-14)12-21-18-17(26(19,22)23)7-4-10-20-18/h4,7-11,14H,2-3,5-6,12H2,1H3,(H,20,21)(H2,19,22,23). The molecular weight excluding hydrogens is 354 g/mol. The molecule has 3 N–H and O–H groups in total. The molecule has 3 rings (SSSR count). The van der Waals surface area contributed by atoms with E-state index < -0.39 is 10.0 Å². The number of nitrogens with one attached hydrogen (secondary N) is 1. The first-order chi connectivity index (χ1) is 12.5. The van der Waals surface area contributed by atoms with Crippen molar-refractivity contribution in [2.75, 3.05) is 12.4 Å². The largest absolute Gasteiger partial charge is 0.497 e. The maximum absolute atomic E-state index is 11.7. The van der Waals surface area contributed by atoms with Crippen LogP contribution in [0.3, 0.4) is 0 Å². The van der Waals surface area contributed by atoms with E-state index >= 15 is 0 Å². The maximum Gasteiger partial charge on any atom is 0.241 e. The second-order valence-corrected chi connectivity index (χ2v) is 7.78. The lowest BCUT2D eigenvalue weighted by Gasteiger charge is -2.18. The number of pyridine rings is 1. The van der Waals surface area contributed by atoms with Crippen molar-refractivity contribution in [1.29, 1.82) is 0 Å². The second-order valence-electron chi connectivity index (χ2n) is 6.25. The van der Waals surface area contributed by atoms with Crippen LogP contribution < -0.4 is 19.9 Å². The molecule has 1 saturated carbocycles. The van der Waals surface area contributed by atoms with Gasteiger partial charge in [0, 0.05) is 24.4 Å². The minimum absolute atomic E-state index is 0.0354. The van der Waals surface area contributed by atoms with Crippen LogP contribution in [0.5, 0.6) is 11.5 Å². The summed E-state index contributed by atoms with van der Waals surface area (Å²) in [5.41, 5.74) is 0.892. The van der Waals surface area contributed by atoms with Gasteiger partial charge in [0.2, 0.25) is 10.0 Å². The highest BCUT2D eigenvalue weighted by Gasteiger charge is 2.19. The molecule has 1 fully saturated rings. The lowest BCUT2D eigenvalue weighted by molar-refractivity contribution is 0.207. The lowest BCUT2D eigenvalue weighted by Crippen LogP contribution is -2.16. The van der Waals surface area contributed by atoms with Crippen LogP contribution in [-0.4, -0.2) is 26.6 Å². The molecule has 7 nitrogen and oxygen atoms in total. The number of nitrogens with zero attached hydrogens (tertiary/aromatic N) is 1. The molecule has 0 radical (unpaired) electrons. The van der Waals surface area contributed by atoms with Gasteiger partial charge in [-0.15, -0.1) is 0 Å². The third-order valence-electron chi connectivity index (χ3n) is 4.39. The second kappa shape index (κ2) is 7.92. The minimum Gasteiger partial charge on any atom is -0.497 e. The first-order valence-electron chi connectivity index (χ1n) is 8.52. The monoisotopic (exact) mass is 377 g/mol. The Balaban J connectivity index is 1.81. The van der Waals surface area contributed by atoms with E-state index in [0.29, 0.717) is 12.3 Å². The van der Waals surface area contributed by atoms with Crippen molar-refractivity contribution >= 4 is 15.8 Å². The summed E-state index contributed by atoms with van der Waals surface area (Å²) < 4.78 is 34.8. The van der Waals surface area contributed by atoms with Crippen molar-refractivity contribution in [3.8, 4) is 11.5 Å². The van der Waals surface area contributed by atoms with Gasteiger partial charge in [-0.25, -0.2) is 18.5 Å². The van der Waals surface area contributed by atoms with Crippen molar-refractivity contribution in [1.82, 2.24) is 4.98 Å². The van der Waals surface area contributed by atoms with Crippen molar-refractivity contribution in [2.45, 2.75) is 43.2 Å². The van der Waals surface area contributed by atoms with Gasteiger partial charge in [-0.1, -0.05) is 0 Å². The molecule has 0 saturated heterocycles. The quantitative estimate of drug-likeness (QED) is 0.769. The number of nitrogens with two attached hydrogens (primary N) is 1. The molecule has 1 aromatic heterocycles. The highest BCUT2D eigenvalue weighted by Crippen LogP contribution is 2.30. The number of methoxy groups -OCH3 is 1. The number of ether oxygens (including phenoxy) is 2. The molecule has 0 unspecified atom stereocenters. The summed E-state index contributed by atoms with van der Waals surface area (Å²) in [6.45, 7) is 0.353.